The number of carbonyl (C=O) groups excluding carboxylic acids is 2. The first-order chi connectivity index (χ1) is 10.8. The molecule has 0 saturated carbocycles. The Labute approximate surface area is 141 Å². The highest BCUT2D eigenvalue weighted by Crippen LogP contribution is 2.27. The van der Waals surface area contributed by atoms with E-state index in [9.17, 15) is 9.59 Å². The van der Waals surface area contributed by atoms with Gasteiger partial charge in [0.1, 0.15) is 6.04 Å². The van der Waals surface area contributed by atoms with Crippen molar-refractivity contribution in [1.29, 1.82) is 0 Å². The van der Waals surface area contributed by atoms with Crippen LogP contribution >= 0.6 is 11.8 Å². The van der Waals surface area contributed by atoms with Gasteiger partial charge in [-0.05, 0) is 6.07 Å². The third kappa shape index (κ3) is 4.16. The summed E-state index contributed by atoms with van der Waals surface area (Å²) < 4.78 is 5.18. The van der Waals surface area contributed by atoms with E-state index in [0.29, 0.717) is 24.1 Å². The molecule has 2 rings (SSSR count). The number of amides is 2. The van der Waals surface area contributed by atoms with Crippen LogP contribution in [0.25, 0.3) is 0 Å². The fourth-order valence-electron chi connectivity index (χ4n) is 2.33. The molecule has 1 aromatic heterocycles. The number of nitrogens with zero attached hydrogens (tertiary/aromatic N) is 2. The SMILES string of the molecule is COc1ncccc1CNC(=O)C1CSCN1C(=O)C(C)(C)C. The van der Waals surface area contributed by atoms with Crippen molar-refractivity contribution in [3.8, 4) is 5.88 Å². The molecule has 0 aromatic carbocycles. The first-order valence-corrected chi connectivity index (χ1v) is 8.64. The predicted molar refractivity (Wildman–Crippen MR) is 90.0 cm³/mol. The highest BCUT2D eigenvalue weighted by Gasteiger charge is 2.38. The number of hydrogen-bond acceptors (Lipinski definition) is 5. The number of carbonyl (C=O) groups is 2. The van der Waals surface area contributed by atoms with Crippen molar-refractivity contribution in [1.82, 2.24) is 15.2 Å². The lowest BCUT2D eigenvalue weighted by atomic mass is 9.94. The van der Waals surface area contributed by atoms with Gasteiger partial charge in [0.2, 0.25) is 17.7 Å². The fraction of sp³-hybridized carbons (Fsp3) is 0.562. The summed E-state index contributed by atoms with van der Waals surface area (Å²) in [4.78, 5) is 30.7. The monoisotopic (exact) mass is 337 g/mol. The molecule has 2 heterocycles. The van der Waals surface area contributed by atoms with Crippen LogP contribution in [0.3, 0.4) is 0 Å². The Morgan fingerprint density at radius 1 is 1.48 bits per heavy atom. The Hall–Kier alpha value is -1.76. The normalized spacial score (nSPS) is 17.9. The van der Waals surface area contributed by atoms with E-state index in [0.717, 1.165) is 5.56 Å². The lowest BCUT2D eigenvalue weighted by Crippen LogP contribution is -2.50. The molecule has 1 saturated heterocycles. The third-order valence-corrected chi connectivity index (χ3v) is 4.60. The van der Waals surface area contributed by atoms with Gasteiger partial charge in [0, 0.05) is 29.5 Å². The molecule has 1 fully saturated rings. The highest BCUT2D eigenvalue weighted by molar-refractivity contribution is 7.99. The van der Waals surface area contributed by atoms with Crippen molar-refractivity contribution < 1.29 is 14.3 Å². The van der Waals surface area contributed by atoms with E-state index in [-0.39, 0.29) is 11.8 Å². The third-order valence-electron chi connectivity index (χ3n) is 3.58. The second-order valence-corrected chi connectivity index (χ2v) is 7.43. The molecule has 0 radical (unpaired) electrons. The number of methoxy groups -OCH3 is 1. The minimum absolute atomic E-state index is 0.00149. The van der Waals surface area contributed by atoms with Crippen LogP contribution < -0.4 is 10.1 Å². The van der Waals surface area contributed by atoms with Crippen LogP contribution in [0.4, 0.5) is 0 Å². The van der Waals surface area contributed by atoms with Gasteiger partial charge >= 0.3 is 0 Å². The van der Waals surface area contributed by atoms with Gasteiger partial charge in [0.25, 0.3) is 0 Å². The summed E-state index contributed by atoms with van der Waals surface area (Å²) in [5.74, 6) is 1.54. The van der Waals surface area contributed by atoms with Crippen molar-refractivity contribution in [2.45, 2.75) is 33.4 Å². The Bertz CT molecular complexity index is 586. The number of pyridine rings is 1. The lowest BCUT2D eigenvalue weighted by Gasteiger charge is -2.29. The molecule has 7 heteroatoms. The summed E-state index contributed by atoms with van der Waals surface area (Å²) in [6.45, 7) is 5.93. The standard InChI is InChI=1S/C16H23N3O3S/c1-16(2,3)15(21)19-10-23-9-12(19)13(20)18-8-11-6-5-7-17-14(11)22-4/h5-7,12H,8-10H2,1-4H3,(H,18,20). The van der Waals surface area contributed by atoms with Crippen LogP contribution in [0.15, 0.2) is 18.3 Å². The molecule has 0 bridgehead atoms. The van der Waals surface area contributed by atoms with E-state index in [4.69, 9.17) is 4.74 Å². The average molecular weight is 337 g/mol. The van der Waals surface area contributed by atoms with Gasteiger partial charge in [-0.25, -0.2) is 4.98 Å². The highest BCUT2D eigenvalue weighted by atomic mass is 32.2. The molecule has 1 aliphatic heterocycles. The maximum atomic E-state index is 12.5. The van der Waals surface area contributed by atoms with E-state index in [2.05, 4.69) is 10.3 Å². The molecule has 1 N–H and O–H groups in total. The molecule has 2 amide bonds. The Morgan fingerprint density at radius 3 is 2.87 bits per heavy atom. The molecule has 1 unspecified atom stereocenters. The van der Waals surface area contributed by atoms with Gasteiger partial charge in [-0.2, -0.15) is 0 Å². The topological polar surface area (TPSA) is 71.5 Å². The number of rotatable bonds is 4. The van der Waals surface area contributed by atoms with E-state index >= 15 is 0 Å². The fourth-order valence-corrected chi connectivity index (χ4v) is 3.49. The minimum atomic E-state index is -0.490. The summed E-state index contributed by atoms with van der Waals surface area (Å²) >= 11 is 1.60. The van der Waals surface area contributed by atoms with Crippen molar-refractivity contribution >= 4 is 23.6 Å². The molecule has 6 nitrogen and oxygen atoms in total. The first-order valence-electron chi connectivity index (χ1n) is 7.49. The van der Waals surface area contributed by atoms with E-state index in [1.807, 2.05) is 26.8 Å². The van der Waals surface area contributed by atoms with Gasteiger partial charge in [-0.1, -0.05) is 26.8 Å². The molecule has 1 atom stereocenters. The van der Waals surface area contributed by atoms with Crippen LogP contribution in [0, 0.1) is 5.41 Å². The van der Waals surface area contributed by atoms with Crippen molar-refractivity contribution in [2.75, 3.05) is 18.7 Å². The smallest absolute Gasteiger partial charge is 0.243 e. The maximum absolute atomic E-state index is 12.5. The quantitative estimate of drug-likeness (QED) is 0.905. The second kappa shape index (κ2) is 7.21. The number of ether oxygens (including phenoxy) is 1. The summed E-state index contributed by atoms with van der Waals surface area (Å²) in [6.07, 6.45) is 1.64. The number of thioether (sulfide) groups is 1. The number of hydrogen-bond donors (Lipinski definition) is 1. The van der Waals surface area contributed by atoms with Crippen LogP contribution in [-0.4, -0.2) is 46.5 Å². The van der Waals surface area contributed by atoms with Crippen LogP contribution in [-0.2, 0) is 16.1 Å². The molecule has 1 aliphatic rings. The molecule has 1 aromatic rings. The zero-order valence-corrected chi connectivity index (χ0v) is 14.8. The molecular formula is C16H23N3O3S. The molecule has 0 spiro atoms. The summed E-state index contributed by atoms with van der Waals surface area (Å²) in [6, 6.07) is 3.23. The van der Waals surface area contributed by atoms with Crippen molar-refractivity contribution in [3.05, 3.63) is 23.9 Å². The van der Waals surface area contributed by atoms with E-state index in [1.165, 1.54) is 0 Å². The van der Waals surface area contributed by atoms with Gasteiger partial charge in [0.05, 0.1) is 13.0 Å². The summed E-state index contributed by atoms with van der Waals surface area (Å²) in [7, 11) is 1.55. The maximum Gasteiger partial charge on any atom is 0.243 e. The lowest BCUT2D eigenvalue weighted by molar-refractivity contribution is -0.144. The van der Waals surface area contributed by atoms with Gasteiger partial charge in [-0.3, -0.25) is 9.59 Å². The van der Waals surface area contributed by atoms with Crippen molar-refractivity contribution in [3.63, 3.8) is 0 Å². The number of aromatic nitrogens is 1. The first kappa shape index (κ1) is 17.6. The van der Waals surface area contributed by atoms with Crippen molar-refractivity contribution in [2.24, 2.45) is 5.41 Å². The van der Waals surface area contributed by atoms with Crippen LogP contribution in [0.1, 0.15) is 26.3 Å². The Balaban J connectivity index is 2.01. The van der Waals surface area contributed by atoms with E-state index < -0.39 is 11.5 Å². The van der Waals surface area contributed by atoms with E-state index in [1.54, 1.807) is 36.0 Å². The molecule has 0 aliphatic carbocycles. The largest absolute Gasteiger partial charge is 0.481 e. The summed E-state index contributed by atoms with van der Waals surface area (Å²) in [5, 5.41) is 2.89. The predicted octanol–water partition coefficient (Wildman–Crippen LogP) is 1.65. The Morgan fingerprint density at radius 2 is 2.22 bits per heavy atom. The average Bonchev–Trinajstić information content (AvgIpc) is 3.00. The zero-order chi connectivity index (χ0) is 17.0. The van der Waals surface area contributed by atoms with Gasteiger partial charge < -0.3 is 15.0 Å². The van der Waals surface area contributed by atoms with Gasteiger partial charge in [0.15, 0.2) is 0 Å². The zero-order valence-electron chi connectivity index (χ0n) is 14.0. The second-order valence-electron chi connectivity index (χ2n) is 6.43. The molecule has 126 valence electrons. The molecular weight excluding hydrogens is 314 g/mol. The van der Waals surface area contributed by atoms with Gasteiger partial charge in [-0.15, -0.1) is 11.8 Å². The number of nitrogens with one attached hydrogen (secondary N) is 1. The summed E-state index contributed by atoms with van der Waals surface area (Å²) in [5.41, 5.74) is 0.318. The van der Waals surface area contributed by atoms with Crippen LogP contribution in [0.5, 0.6) is 5.88 Å². The molecule has 23 heavy (non-hydrogen) atoms. The Kier molecular flexibility index (Phi) is 5.51. The minimum Gasteiger partial charge on any atom is -0.481 e. The van der Waals surface area contributed by atoms with Crippen LogP contribution in [0.2, 0.25) is 0 Å².